The first kappa shape index (κ1) is 15.4. The maximum atomic E-state index is 11.0. The fraction of sp³-hybridized carbons (Fsp3) is 0.455. The molecule has 0 radical (unpaired) electrons. The van der Waals surface area contributed by atoms with Gasteiger partial charge in [0.25, 0.3) is 5.69 Å². The van der Waals surface area contributed by atoms with Crippen LogP contribution in [0.2, 0.25) is 0 Å². The summed E-state index contributed by atoms with van der Waals surface area (Å²) in [4.78, 5) is 10.3. The zero-order valence-corrected chi connectivity index (χ0v) is 13.2. The number of halogens is 1. The standard InChI is InChI=1S/C11H15IN2O3S/c1-8(5-6-18(2)17)13-9-3-4-11(14(15)16)10(12)7-9/h3-4,7-8,13H,5-6H2,1-2H3. The van der Waals surface area contributed by atoms with Crippen molar-refractivity contribution in [1.29, 1.82) is 0 Å². The summed E-state index contributed by atoms with van der Waals surface area (Å²) in [5, 5.41) is 13.9. The second-order valence-electron chi connectivity index (χ2n) is 4.03. The molecule has 1 rings (SSSR count). The van der Waals surface area contributed by atoms with Crippen LogP contribution in [0, 0.1) is 13.7 Å². The predicted octanol–water partition coefficient (Wildman–Crippen LogP) is 2.77. The van der Waals surface area contributed by atoms with Crippen molar-refractivity contribution in [3.05, 3.63) is 31.9 Å². The van der Waals surface area contributed by atoms with Crippen LogP contribution >= 0.6 is 22.6 Å². The van der Waals surface area contributed by atoms with Gasteiger partial charge in [-0.2, -0.15) is 0 Å². The summed E-state index contributed by atoms with van der Waals surface area (Å²) in [6.45, 7) is 2.00. The van der Waals surface area contributed by atoms with Crippen LogP contribution in [0.4, 0.5) is 11.4 Å². The number of nitrogens with zero attached hydrogens (tertiary/aromatic N) is 1. The van der Waals surface area contributed by atoms with Gasteiger partial charge in [0, 0.05) is 40.6 Å². The van der Waals surface area contributed by atoms with E-state index in [0.29, 0.717) is 9.32 Å². The summed E-state index contributed by atoms with van der Waals surface area (Å²) >= 11 is 1.95. The first-order valence-corrected chi connectivity index (χ1v) is 8.21. The van der Waals surface area contributed by atoms with Crippen LogP contribution < -0.4 is 5.32 Å². The van der Waals surface area contributed by atoms with Crippen molar-refractivity contribution in [2.75, 3.05) is 17.3 Å². The zero-order valence-electron chi connectivity index (χ0n) is 10.2. The van der Waals surface area contributed by atoms with E-state index in [4.69, 9.17) is 0 Å². The van der Waals surface area contributed by atoms with Gasteiger partial charge in [0.1, 0.15) is 0 Å². The fourth-order valence-electron chi connectivity index (χ4n) is 1.44. The summed E-state index contributed by atoms with van der Waals surface area (Å²) in [5.74, 6) is 0.651. The van der Waals surface area contributed by atoms with Crippen LogP contribution in [0.25, 0.3) is 0 Å². The van der Waals surface area contributed by atoms with Gasteiger partial charge in [-0.25, -0.2) is 0 Å². The molecule has 100 valence electrons. The molecule has 2 atom stereocenters. The summed E-state index contributed by atoms with van der Waals surface area (Å²) < 4.78 is 11.6. The molecule has 5 nitrogen and oxygen atoms in total. The second-order valence-corrected chi connectivity index (χ2v) is 6.75. The topological polar surface area (TPSA) is 72.2 Å². The predicted molar refractivity (Wildman–Crippen MR) is 82.4 cm³/mol. The van der Waals surface area contributed by atoms with E-state index in [2.05, 4.69) is 5.32 Å². The van der Waals surface area contributed by atoms with Gasteiger partial charge in [0.15, 0.2) is 0 Å². The molecular weight excluding hydrogens is 367 g/mol. The van der Waals surface area contributed by atoms with Gasteiger partial charge < -0.3 is 5.32 Å². The van der Waals surface area contributed by atoms with Crippen LogP contribution in [0.5, 0.6) is 0 Å². The molecule has 1 N–H and O–H groups in total. The molecule has 1 aromatic rings. The molecule has 0 aromatic heterocycles. The summed E-state index contributed by atoms with van der Waals surface area (Å²) in [5.41, 5.74) is 0.961. The highest BCUT2D eigenvalue weighted by Gasteiger charge is 2.12. The van der Waals surface area contributed by atoms with Crippen molar-refractivity contribution in [3.8, 4) is 0 Å². The normalized spacial score (nSPS) is 13.9. The van der Waals surface area contributed by atoms with Gasteiger partial charge in [-0.15, -0.1) is 0 Å². The van der Waals surface area contributed by atoms with Crippen molar-refractivity contribution in [2.24, 2.45) is 0 Å². The van der Waals surface area contributed by atoms with Gasteiger partial charge in [-0.05, 0) is 48.1 Å². The quantitative estimate of drug-likeness (QED) is 0.467. The van der Waals surface area contributed by atoms with E-state index in [9.17, 15) is 14.3 Å². The van der Waals surface area contributed by atoms with Gasteiger partial charge in [0.2, 0.25) is 0 Å². The van der Waals surface area contributed by atoms with Crippen molar-refractivity contribution < 1.29 is 9.13 Å². The Kier molecular flexibility index (Phi) is 6.00. The molecule has 0 aliphatic heterocycles. The molecule has 0 aliphatic rings. The Morgan fingerprint density at radius 1 is 1.56 bits per heavy atom. The van der Waals surface area contributed by atoms with Crippen LogP contribution in [-0.2, 0) is 10.8 Å². The van der Waals surface area contributed by atoms with Gasteiger partial charge in [-0.3, -0.25) is 14.3 Å². The molecule has 0 heterocycles. The number of benzene rings is 1. The number of rotatable bonds is 6. The van der Waals surface area contributed by atoms with Crippen molar-refractivity contribution in [1.82, 2.24) is 0 Å². The lowest BCUT2D eigenvalue weighted by molar-refractivity contribution is -0.385. The third-order valence-corrected chi connectivity index (χ3v) is 4.07. The van der Waals surface area contributed by atoms with Crippen LogP contribution in [0.1, 0.15) is 13.3 Å². The molecule has 0 spiro atoms. The maximum absolute atomic E-state index is 11.0. The molecule has 0 saturated heterocycles. The Hall–Kier alpha value is -0.700. The van der Waals surface area contributed by atoms with Crippen molar-refractivity contribution >= 4 is 44.8 Å². The van der Waals surface area contributed by atoms with Gasteiger partial charge >= 0.3 is 0 Å². The van der Waals surface area contributed by atoms with Crippen LogP contribution in [0.3, 0.4) is 0 Å². The number of nitrogens with one attached hydrogen (secondary N) is 1. The molecule has 0 aliphatic carbocycles. The zero-order chi connectivity index (χ0) is 13.7. The third-order valence-electron chi connectivity index (χ3n) is 2.40. The number of hydrogen-bond donors (Lipinski definition) is 1. The SMILES string of the molecule is CC(CCS(C)=O)Nc1ccc([N+](=O)[O-])c(I)c1. The molecule has 1 aromatic carbocycles. The highest BCUT2D eigenvalue weighted by molar-refractivity contribution is 14.1. The average Bonchev–Trinajstić information content (AvgIpc) is 2.26. The van der Waals surface area contributed by atoms with E-state index in [1.54, 1.807) is 18.4 Å². The van der Waals surface area contributed by atoms with Crippen molar-refractivity contribution in [2.45, 2.75) is 19.4 Å². The van der Waals surface area contributed by atoms with E-state index in [1.807, 2.05) is 29.5 Å². The van der Waals surface area contributed by atoms with E-state index in [1.165, 1.54) is 6.07 Å². The highest BCUT2D eigenvalue weighted by Crippen LogP contribution is 2.24. The van der Waals surface area contributed by atoms with Gasteiger partial charge in [0.05, 0.1) is 8.49 Å². The highest BCUT2D eigenvalue weighted by atomic mass is 127. The van der Waals surface area contributed by atoms with Crippen LogP contribution in [0.15, 0.2) is 18.2 Å². The minimum absolute atomic E-state index is 0.114. The number of nitro benzene ring substituents is 1. The monoisotopic (exact) mass is 382 g/mol. The molecule has 18 heavy (non-hydrogen) atoms. The second kappa shape index (κ2) is 7.03. The minimum atomic E-state index is -0.789. The Balaban J connectivity index is 2.65. The van der Waals surface area contributed by atoms with Gasteiger partial charge in [-0.1, -0.05) is 0 Å². The number of anilines is 1. The van der Waals surface area contributed by atoms with Crippen molar-refractivity contribution in [3.63, 3.8) is 0 Å². The van der Waals surface area contributed by atoms with E-state index in [-0.39, 0.29) is 11.7 Å². The molecular formula is C11H15IN2O3S. The number of nitro groups is 1. The Morgan fingerprint density at radius 3 is 2.72 bits per heavy atom. The molecule has 0 amide bonds. The van der Waals surface area contributed by atoms with E-state index < -0.39 is 15.7 Å². The molecule has 0 fully saturated rings. The minimum Gasteiger partial charge on any atom is -0.383 e. The Labute approximate surface area is 122 Å². The van der Waals surface area contributed by atoms with E-state index >= 15 is 0 Å². The lowest BCUT2D eigenvalue weighted by Crippen LogP contribution is -2.17. The first-order chi connectivity index (χ1) is 8.40. The fourth-order valence-corrected chi connectivity index (χ4v) is 2.84. The summed E-state index contributed by atoms with van der Waals surface area (Å²) in [7, 11) is -0.789. The van der Waals surface area contributed by atoms with E-state index in [0.717, 1.165) is 12.1 Å². The smallest absolute Gasteiger partial charge is 0.282 e. The van der Waals surface area contributed by atoms with Crippen LogP contribution in [-0.4, -0.2) is 27.2 Å². The first-order valence-electron chi connectivity index (χ1n) is 5.40. The maximum Gasteiger partial charge on any atom is 0.282 e. The largest absolute Gasteiger partial charge is 0.383 e. The Morgan fingerprint density at radius 2 is 2.22 bits per heavy atom. The average molecular weight is 382 g/mol. The molecule has 0 saturated carbocycles. The molecule has 0 bridgehead atoms. The third kappa shape index (κ3) is 4.89. The lowest BCUT2D eigenvalue weighted by atomic mass is 10.2. The summed E-state index contributed by atoms with van der Waals surface area (Å²) in [6.07, 6.45) is 2.48. The lowest BCUT2D eigenvalue weighted by Gasteiger charge is -2.14. The molecule has 2 unspecified atom stereocenters. The molecule has 7 heteroatoms. The summed E-state index contributed by atoms with van der Waals surface area (Å²) in [6, 6.07) is 5.12. The number of hydrogen-bond acceptors (Lipinski definition) is 4. The Bertz CT molecular complexity index is 468.